The molecule has 2 aromatic heterocycles. The average Bonchev–Trinajstić information content (AvgIpc) is 3.04. The van der Waals surface area contributed by atoms with Crippen LogP contribution in [0, 0.1) is 0 Å². The molecule has 2 heterocycles. The number of hydrogen-bond acceptors (Lipinski definition) is 5. The van der Waals surface area contributed by atoms with Gasteiger partial charge in [0, 0.05) is 28.2 Å². The fourth-order valence-corrected chi connectivity index (χ4v) is 3.31. The number of nitrogens with one attached hydrogen (secondary N) is 1. The Bertz CT molecular complexity index is 836. The molecule has 0 aliphatic carbocycles. The molecule has 0 atom stereocenters. The summed E-state index contributed by atoms with van der Waals surface area (Å²) in [5.74, 6) is -0.266. The number of amides is 1. The molecule has 23 heavy (non-hydrogen) atoms. The lowest BCUT2D eigenvalue weighted by Gasteiger charge is -2.06. The van der Waals surface area contributed by atoms with Gasteiger partial charge in [0.05, 0.1) is 16.3 Å². The lowest BCUT2D eigenvalue weighted by atomic mass is 10.2. The molecular weight excluding hydrogens is 350 g/mol. The van der Waals surface area contributed by atoms with E-state index in [0.29, 0.717) is 15.7 Å². The zero-order chi connectivity index (χ0) is 16.2. The highest BCUT2D eigenvalue weighted by molar-refractivity contribution is 7.98. The number of hydrogen-bond donors (Lipinski definition) is 1. The van der Waals surface area contributed by atoms with E-state index in [1.807, 2.05) is 29.8 Å². The first kappa shape index (κ1) is 16.0. The van der Waals surface area contributed by atoms with E-state index in [4.69, 9.17) is 11.6 Å². The zero-order valence-electron chi connectivity index (χ0n) is 12.1. The first-order chi connectivity index (χ1) is 11.2. The topological polar surface area (TPSA) is 54.9 Å². The number of aromatic nitrogens is 2. The van der Waals surface area contributed by atoms with Crippen molar-refractivity contribution in [1.29, 1.82) is 0 Å². The molecule has 0 bridgehead atoms. The van der Waals surface area contributed by atoms with Gasteiger partial charge in [0.25, 0.3) is 5.91 Å². The second-order valence-corrected chi connectivity index (χ2v) is 6.72. The number of nitrogens with zero attached hydrogens (tertiary/aromatic N) is 2. The van der Waals surface area contributed by atoms with Crippen LogP contribution in [0.3, 0.4) is 0 Å². The van der Waals surface area contributed by atoms with Crippen LogP contribution in [-0.2, 0) is 0 Å². The molecule has 0 aliphatic heterocycles. The van der Waals surface area contributed by atoms with Crippen molar-refractivity contribution < 1.29 is 4.79 Å². The molecule has 0 aliphatic rings. The van der Waals surface area contributed by atoms with Crippen LogP contribution in [0.25, 0.3) is 11.3 Å². The molecule has 0 radical (unpaired) electrons. The van der Waals surface area contributed by atoms with Crippen molar-refractivity contribution in [3.8, 4) is 11.3 Å². The van der Waals surface area contributed by atoms with Gasteiger partial charge in [-0.2, -0.15) is 0 Å². The van der Waals surface area contributed by atoms with E-state index >= 15 is 0 Å². The summed E-state index contributed by atoms with van der Waals surface area (Å²) in [6.07, 6.45) is 5.39. The van der Waals surface area contributed by atoms with E-state index in [0.717, 1.165) is 16.2 Å². The minimum absolute atomic E-state index is 0.266. The fraction of sp³-hybridized carbons (Fsp3) is 0.0625. The summed E-state index contributed by atoms with van der Waals surface area (Å²) in [5.41, 5.74) is 2.13. The second-order valence-electron chi connectivity index (χ2n) is 4.58. The zero-order valence-corrected chi connectivity index (χ0v) is 14.5. The van der Waals surface area contributed by atoms with Crippen molar-refractivity contribution in [2.24, 2.45) is 0 Å². The lowest BCUT2D eigenvalue weighted by molar-refractivity contribution is 0.102. The minimum Gasteiger partial charge on any atom is -0.298 e. The van der Waals surface area contributed by atoms with Gasteiger partial charge >= 0.3 is 0 Å². The Labute approximate surface area is 146 Å². The molecule has 3 aromatic rings. The van der Waals surface area contributed by atoms with Crippen LogP contribution in [0.5, 0.6) is 0 Å². The van der Waals surface area contributed by atoms with Gasteiger partial charge in [0.15, 0.2) is 5.13 Å². The van der Waals surface area contributed by atoms with Crippen molar-refractivity contribution in [3.63, 3.8) is 0 Å². The van der Waals surface area contributed by atoms with Crippen LogP contribution >= 0.6 is 34.7 Å². The summed E-state index contributed by atoms with van der Waals surface area (Å²) in [5, 5.41) is 5.62. The van der Waals surface area contributed by atoms with Gasteiger partial charge in [-0.25, -0.2) is 4.98 Å². The van der Waals surface area contributed by atoms with Crippen LogP contribution in [0.4, 0.5) is 5.13 Å². The molecule has 4 nitrogen and oxygen atoms in total. The number of carbonyl (C=O) groups is 1. The van der Waals surface area contributed by atoms with Crippen LogP contribution in [0.2, 0.25) is 5.02 Å². The molecule has 0 saturated heterocycles. The molecule has 0 spiro atoms. The quantitative estimate of drug-likeness (QED) is 0.676. The lowest BCUT2D eigenvalue weighted by Crippen LogP contribution is -2.12. The van der Waals surface area contributed by atoms with Gasteiger partial charge in [-0.05, 0) is 36.6 Å². The normalized spacial score (nSPS) is 10.5. The number of carbonyl (C=O) groups excluding carboxylic acids is 1. The van der Waals surface area contributed by atoms with Crippen molar-refractivity contribution in [2.75, 3.05) is 11.6 Å². The Morgan fingerprint density at radius 3 is 2.96 bits per heavy atom. The Kier molecular flexibility index (Phi) is 4.95. The van der Waals surface area contributed by atoms with Gasteiger partial charge in [0.2, 0.25) is 0 Å². The largest absolute Gasteiger partial charge is 0.298 e. The predicted octanol–water partition coefficient (Wildman–Crippen LogP) is 4.83. The molecule has 0 fully saturated rings. The predicted molar refractivity (Wildman–Crippen MR) is 96.5 cm³/mol. The molecule has 1 aromatic carbocycles. The highest BCUT2D eigenvalue weighted by Crippen LogP contribution is 2.27. The summed E-state index contributed by atoms with van der Waals surface area (Å²) in [4.78, 5) is 21.9. The summed E-state index contributed by atoms with van der Waals surface area (Å²) < 4.78 is 0. The summed E-state index contributed by atoms with van der Waals surface area (Å²) in [6.45, 7) is 0. The number of rotatable bonds is 4. The molecule has 3 rings (SSSR count). The average molecular weight is 362 g/mol. The number of anilines is 1. The van der Waals surface area contributed by atoms with Gasteiger partial charge < -0.3 is 0 Å². The van der Waals surface area contributed by atoms with Gasteiger partial charge in [-0.15, -0.1) is 23.1 Å². The van der Waals surface area contributed by atoms with Gasteiger partial charge in [0.1, 0.15) is 0 Å². The standard InChI is InChI=1S/C16H12ClN3OS2/c1-22-11-4-5-13(17)12(7-11)15(21)20-16-19-14(9-23-16)10-3-2-6-18-8-10/h2-9H,1H3,(H,19,20,21). The Morgan fingerprint density at radius 1 is 1.35 bits per heavy atom. The minimum atomic E-state index is -0.266. The summed E-state index contributed by atoms with van der Waals surface area (Å²) in [6, 6.07) is 9.16. The summed E-state index contributed by atoms with van der Waals surface area (Å²) >= 11 is 9.04. The number of thiazole rings is 1. The molecule has 7 heteroatoms. The second kappa shape index (κ2) is 7.12. The summed E-state index contributed by atoms with van der Waals surface area (Å²) in [7, 11) is 0. The monoisotopic (exact) mass is 361 g/mol. The van der Waals surface area contributed by atoms with Crippen molar-refractivity contribution in [3.05, 3.63) is 58.7 Å². The van der Waals surface area contributed by atoms with Gasteiger partial charge in [-0.3, -0.25) is 15.1 Å². The Balaban J connectivity index is 1.80. The smallest absolute Gasteiger partial charge is 0.258 e. The Hall–Kier alpha value is -1.89. The third-order valence-corrected chi connectivity index (χ3v) is 4.91. The number of halogens is 1. The molecule has 0 unspecified atom stereocenters. The van der Waals surface area contributed by atoms with Crippen molar-refractivity contribution in [1.82, 2.24) is 9.97 Å². The van der Waals surface area contributed by atoms with E-state index in [1.165, 1.54) is 11.3 Å². The first-order valence-corrected chi connectivity index (χ1v) is 9.16. The van der Waals surface area contributed by atoms with Crippen molar-refractivity contribution >= 4 is 45.7 Å². The van der Waals surface area contributed by atoms with E-state index in [2.05, 4.69) is 15.3 Å². The first-order valence-electron chi connectivity index (χ1n) is 6.68. The maximum Gasteiger partial charge on any atom is 0.258 e. The molecule has 0 saturated carbocycles. The number of benzene rings is 1. The van der Waals surface area contributed by atoms with E-state index in [-0.39, 0.29) is 5.91 Å². The van der Waals surface area contributed by atoms with Gasteiger partial charge in [-0.1, -0.05) is 11.6 Å². The maximum atomic E-state index is 12.4. The van der Waals surface area contributed by atoms with E-state index in [9.17, 15) is 4.79 Å². The van der Waals surface area contributed by atoms with E-state index < -0.39 is 0 Å². The van der Waals surface area contributed by atoms with Crippen LogP contribution in [0.15, 0.2) is 53.0 Å². The maximum absolute atomic E-state index is 12.4. The number of pyridine rings is 1. The third-order valence-electron chi connectivity index (χ3n) is 3.10. The van der Waals surface area contributed by atoms with E-state index in [1.54, 1.807) is 36.3 Å². The third kappa shape index (κ3) is 3.72. The SMILES string of the molecule is CSc1ccc(Cl)c(C(=O)Nc2nc(-c3cccnc3)cs2)c1. The molecule has 116 valence electrons. The fourth-order valence-electron chi connectivity index (χ4n) is 1.95. The molecule has 1 amide bonds. The van der Waals surface area contributed by atoms with Crippen LogP contribution in [-0.4, -0.2) is 22.1 Å². The van der Waals surface area contributed by atoms with Crippen molar-refractivity contribution in [2.45, 2.75) is 4.90 Å². The highest BCUT2D eigenvalue weighted by Gasteiger charge is 2.14. The Morgan fingerprint density at radius 2 is 2.22 bits per heavy atom. The molecular formula is C16H12ClN3OS2. The highest BCUT2D eigenvalue weighted by atomic mass is 35.5. The number of thioether (sulfide) groups is 1. The van der Waals surface area contributed by atoms with Crippen LogP contribution in [0.1, 0.15) is 10.4 Å². The van der Waals surface area contributed by atoms with Crippen LogP contribution < -0.4 is 5.32 Å². The molecule has 1 N–H and O–H groups in total.